The van der Waals surface area contributed by atoms with Crippen LogP contribution in [0.3, 0.4) is 0 Å². The molecule has 4 aliphatic rings. The van der Waals surface area contributed by atoms with E-state index >= 15 is 0 Å². The van der Waals surface area contributed by atoms with Gasteiger partial charge in [0.25, 0.3) is 0 Å². The summed E-state index contributed by atoms with van der Waals surface area (Å²) in [4.78, 5) is 7.79. The van der Waals surface area contributed by atoms with Crippen molar-refractivity contribution < 1.29 is 0 Å². The monoisotopic (exact) mass is 332 g/mol. The highest BCUT2D eigenvalue weighted by molar-refractivity contribution is 5.92. The van der Waals surface area contributed by atoms with Crippen LogP contribution in [0.4, 0.5) is 5.82 Å². The van der Waals surface area contributed by atoms with Gasteiger partial charge in [0.1, 0.15) is 5.82 Å². The largest absolute Gasteiger partial charge is 0.353 e. The van der Waals surface area contributed by atoms with Crippen LogP contribution in [0.25, 0.3) is 16.6 Å². The molecule has 7 rings (SSSR count). The van der Waals surface area contributed by atoms with Crippen LogP contribution >= 0.6 is 0 Å². The summed E-state index contributed by atoms with van der Waals surface area (Å²) in [5, 5.41) is 5.92. The quantitative estimate of drug-likeness (QED) is 0.669. The molecular weight excluding hydrogens is 308 g/mol. The molecular formula is C21H24N4. The van der Waals surface area contributed by atoms with Crippen molar-refractivity contribution in [2.24, 2.45) is 17.8 Å². The molecule has 4 fully saturated rings. The molecule has 0 spiro atoms. The van der Waals surface area contributed by atoms with E-state index in [0.29, 0.717) is 6.04 Å². The Morgan fingerprint density at radius 1 is 0.960 bits per heavy atom. The van der Waals surface area contributed by atoms with Crippen molar-refractivity contribution in [2.45, 2.75) is 45.1 Å². The normalized spacial score (nSPS) is 31.2. The Morgan fingerprint density at radius 3 is 2.56 bits per heavy atom. The van der Waals surface area contributed by atoms with Crippen molar-refractivity contribution in [1.29, 1.82) is 0 Å². The molecule has 2 aromatic heterocycles. The van der Waals surface area contributed by atoms with E-state index in [1.54, 1.807) is 0 Å². The highest BCUT2D eigenvalue weighted by Crippen LogP contribution is 2.48. The third-order valence-electron chi connectivity index (χ3n) is 6.78. The minimum atomic E-state index is 0.679. The van der Waals surface area contributed by atoms with E-state index in [-0.39, 0.29) is 0 Å². The van der Waals surface area contributed by atoms with E-state index in [0.717, 1.165) is 29.1 Å². The molecule has 0 amide bonds. The lowest BCUT2D eigenvalue weighted by molar-refractivity contribution is 0.157. The predicted molar refractivity (Wildman–Crippen MR) is 99.9 cm³/mol. The summed E-state index contributed by atoms with van der Waals surface area (Å²) in [6.45, 7) is 3.24. The zero-order chi connectivity index (χ0) is 16.5. The lowest BCUT2D eigenvalue weighted by atomic mass is 9.68. The number of nitrogens with zero attached hydrogens (tertiary/aromatic N) is 4. The van der Waals surface area contributed by atoms with Gasteiger partial charge in [-0.3, -0.25) is 0 Å². The van der Waals surface area contributed by atoms with E-state index in [9.17, 15) is 0 Å². The van der Waals surface area contributed by atoms with Gasteiger partial charge in [-0.05, 0) is 68.9 Å². The van der Waals surface area contributed by atoms with E-state index in [2.05, 4.69) is 47.3 Å². The maximum atomic E-state index is 5.12. The SMILES string of the molecule is Cc1cc2nc(N3CC4C[C@@H]5CC3C[C@H](C4)C5)c3ccccc3n2n1. The first-order chi connectivity index (χ1) is 12.2. The Hall–Kier alpha value is -2.10. The lowest BCUT2D eigenvalue weighted by Gasteiger charge is -2.39. The van der Waals surface area contributed by atoms with E-state index in [4.69, 9.17) is 4.98 Å². The van der Waals surface area contributed by atoms with Gasteiger partial charge in [0, 0.05) is 24.0 Å². The van der Waals surface area contributed by atoms with Crippen LogP contribution in [0.1, 0.15) is 37.8 Å². The molecule has 2 aliphatic heterocycles. The maximum absolute atomic E-state index is 5.12. The Kier molecular flexibility index (Phi) is 2.80. The highest BCUT2D eigenvalue weighted by Gasteiger charge is 2.43. The minimum Gasteiger partial charge on any atom is -0.353 e. The number of hydrogen-bond acceptors (Lipinski definition) is 3. The van der Waals surface area contributed by atoms with E-state index in [1.165, 1.54) is 55.4 Å². The molecule has 2 saturated heterocycles. The van der Waals surface area contributed by atoms with Gasteiger partial charge in [0.2, 0.25) is 0 Å². The van der Waals surface area contributed by atoms with Crippen LogP contribution in [-0.2, 0) is 0 Å². The van der Waals surface area contributed by atoms with Gasteiger partial charge < -0.3 is 4.90 Å². The Balaban J connectivity index is 1.58. The molecule has 4 atom stereocenters. The fourth-order valence-electron chi connectivity index (χ4n) is 6.02. The second-order valence-corrected chi connectivity index (χ2v) is 8.59. The summed E-state index contributed by atoms with van der Waals surface area (Å²) in [7, 11) is 0. The van der Waals surface area contributed by atoms with Gasteiger partial charge in [-0.1, -0.05) is 12.1 Å². The van der Waals surface area contributed by atoms with Crippen LogP contribution in [0.2, 0.25) is 0 Å². The first-order valence-corrected chi connectivity index (χ1v) is 9.76. The number of aromatic nitrogens is 3. The minimum absolute atomic E-state index is 0.679. The summed E-state index contributed by atoms with van der Waals surface area (Å²) in [6, 6.07) is 11.4. The van der Waals surface area contributed by atoms with Crippen LogP contribution in [0.5, 0.6) is 0 Å². The molecule has 2 saturated carbocycles. The molecule has 128 valence electrons. The fraction of sp³-hybridized carbons (Fsp3) is 0.524. The average Bonchev–Trinajstić information content (AvgIpc) is 2.87. The van der Waals surface area contributed by atoms with E-state index < -0.39 is 0 Å². The molecule has 2 aliphatic carbocycles. The van der Waals surface area contributed by atoms with Gasteiger partial charge in [0.15, 0.2) is 5.65 Å². The third-order valence-corrected chi connectivity index (χ3v) is 6.78. The predicted octanol–water partition coefficient (Wildman–Crippen LogP) is 4.21. The zero-order valence-electron chi connectivity index (χ0n) is 14.7. The molecule has 4 nitrogen and oxygen atoms in total. The molecule has 2 unspecified atom stereocenters. The van der Waals surface area contributed by atoms with Gasteiger partial charge in [-0.15, -0.1) is 0 Å². The highest BCUT2D eigenvalue weighted by atomic mass is 15.3. The first kappa shape index (κ1) is 14.1. The molecule has 4 bridgehead atoms. The Morgan fingerprint density at radius 2 is 1.72 bits per heavy atom. The second kappa shape index (κ2) is 4.96. The van der Waals surface area contributed by atoms with Crippen molar-refractivity contribution in [3.05, 3.63) is 36.0 Å². The molecule has 4 heterocycles. The fourth-order valence-corrected chi connectivity index (χ4v) is 6.02. The van der Waals surface area contributed by atoms with Crippen LogP contribution in [-0.4, -0.2) is 27.2 Å². The number of benzene rings is 1. The number of hydrogen-bond donors (Lipinski definition) is 0. The van der Waals surface area contributed by atoms with Crippen molar-refractivity contribution >= 4 is 22.4 Å². The molecule has 3 aromatic rings. The molecule has 4 heteroatoms. The van der Waals surface area contributed by atoms with Crippen LogP contribution < -0.4 is 4.90 Å². The summed E-state index contributed by atoms with van der Waals surface area (Å²) >= 11 is 0. The summed E-state index contributed by atoms with van der Waals surface area (Å²) in [5.74, 6) is 3.97. The zero-order valence-corrected chi connectivity index (χ0v) is 14.7. The standard InChI is InChI=1S/C21H24N4/c1-13-6-20-22-21(18-4-2-3-5-19(18)25(20)23-13)24-12-16-8-14-7-15(9-16)11-17(24)10-14/h2-6,14-17H,7-12H2,1H3/t14-,15+,16?,17?. The number of fused-ring (bicyclic) bond motifs is 4. The van der Waals surface area contributed by atoms with E-state index in [1.807, 2.05) is 4.52 Å². The van der Waals surface area contributed by atoms with Crippen molar-refractivity contribution in [3.63, 3.8) is 0 Å². The van der Waals surface area contributed by atoms with Gasteiger partial charge in [-0.2, -0.15) is 5.10 Å². The van der Waals surface area contributed by atoms with Crippen LogP contribution in [0, 0.1) is 24.7 Å². The maximum Gasteiger partial charge on any atom is 0.158 e. The Labute approximate surface area is 147 Å². The summed E-state index contributed by atoms with van der Waals surface area (Å²) < 4.78 is 2.01. The van der Waals surface area contributed by atoms with Crippen molar-refractivity contribution in [1.82, 2.24) is 14.6 Å². The topological polar surface area (TPSA) is 33.4 Å². The number of anilines is 1. The van der Waals surface area contributed by atoms with Crippen LogP contribution in [0.15, 0.2) is 30.3 Å². The number of para-hydroxylation sites is 1. The molecule has 25 heavy (non-hydrogen) atoms. The number of aryl methyl sites for hydroxylation is 1. The van der Waals surface area contributed by atoms with Crippen molar-refractivity contribution in [2.75, 3.05) is 11.4 Å². The van der Waals surface area contributed by atoms with Crippen molar-refractivity contribution in [3.8, 4) is 0 Å². The lowest BCUT2D eigenvalue weighted by Crippen LogP contribution is -2.38. The molecule has 0 N–H and O–H groups in total. The number of rotatable bonds is 1. The molecule has 0 radical (unpaired) electrons. The summed E-state index contributed by atoms with van der Waals surface area (Å²) in [5.41, 5.74) is 3.19. The smallest absolute Gasteiger partial charge is 0.158 e. The Bertz CT molecular complexity index is 961. The van der Waals surface area contributed by atoms with Gasteiger partial charge in [-0.25, -0.2) is 9.50 Å². The van der Waals surface area contributed by atoms with Gasteiger partial charge >= 0.3 is 0 Å². The summed E-state index contributed by atoms with van der Waals surface area (Å²) in [6.07, 6.45) is 7.10. The second-order valence-electron chi connectivity index (χ2n) is 8.59. The first-order valence-electron chi connectivity index (χ1n) is 9.76. The van der Waals surface area contributed by atoms with Gasteiger partial charge in [0.05, 0.1) is 11.2 Å². The molecule has 1 aromatic carbocycles. The average molecular weight is 332 g/mol. The third kappa shape index (κ3) is 2.06.